The highest BCUT2D eigenvalue weighted by atomic mass is 19.1. The van der Waals surface area contributed by atoms with Gasteiger partial charge in [-0.2, -0.15) is 0 Å². The number of aromatic amines is 1. The summed E-state index contributed by atoms with van der Waals surface area (Å²) in [5.41, 5.74) is 1.92. The Hall–Kier alpha value is -1.84. The van der Waals surface area contributed by atoms with Crippen molar-refractivity contribution in [2.75, 3.05) is 7.11 Å². The summed E-state index contributed by atoms with van der Waals surface area (Å²) in [7, 11) is 1.40. The third-order valence-corrected chi connectivity index (χ3v) is 2.49. The van der Waals surface area contributed by atoms with Gasteiger partial charge < -0.3 is 9.72 Å². The molecule has 0 spiro atoms. The van der Waals surface area contributed by atoms with Gasteiger partial charge in [-0.3, -0.25) is 4.79 Å². The van der Waals surface area contributed by atoms with Gasteiger partial charge in [0.05, 0.1) is 18.3 Å². The standard InChI is InChI=1S/C11H10FNO2/c1-6-7-3-8(12)11(15-2)4-9(7)13-10(6)5-14/h3-5,13H,1-2H3. The van der Waals surface area contributed by atoms with Gasteiger partial charge in [-0.25, -0.2) is 4.39 Å². The van der Waals surface area contributed by atoms with Crippen molar-refractivity contribution in [1.82, 2.24) is 4.98 Å². The second-order valence-electron chi connectivity index (χ2n) is 3.31. The van der Waals surface area contributed by atoms with Crippen molar-refractivity contribution in [2.24, 2.45) is 0 Å². The SMILES string of the molecule is COc1cc2[nH]c(C=O)c(C)c2cc1F. The van der Waals surface area contributed by atoms with Crippen LogP contribution in [0.3, 0.4) is 0 Å². The molecule has 1 aromatic heterocycles. The number of halogens is 1. The molecule has 0 bridgehead atoms. The van der Waals surface area contributed by atoms with Crippen LogP contribution in [0.25, 0.3) is 10.9 Å². The fraction of sp³-hybridized carbons (Fsp3) is 0.182. The predicted octanol–water partition coefficient (Wildman–Crippen LogP) is 2.44. The fourth-order valence-corrected chi connectivity index (χ4v) is 1.63. The van der Waals surface area contributed by atoms with E-state index < -0.39 is 5.82 Å². The van der Waals surface area contributed by atoms with Crippen LogP contribution in [0.5, 0.6) is 5.75 Å². The van der Waals surface area contributed by atoms with Crippen LogP contribution in [-0.2, 0) is 0 Å². The van der Waals surface area contributed by atoms with Crippen molar-refractivity contribution in [1.29, 1.82) is 0 Å². The maximum Gasteiger partial charge on any atom is 0.166 e. The summed E-state index contributed by atoms with van der Waals surface area (Å²) in [4.78, 5) is 13.6. The van der Waals surface area contributed by atoms with E-state index in [2.05, 4.69) is 4.98 Å². The molecule has 2 aromatic rings. The molecule has 0 radical (unpaired) electrons. The topological polar surface area (TPSA) is 42.1 Å². The molecule has 0 atom stereocenters. The normalized spacial score (nSPS) is 10.6. The smallest absolute Gasteiger partial charge is 0.166 e. The lowest BCUT2D eigenvalue weighted by molar-refractivity contribution is 0.111. The molecule has 1 N–H and O–H groups in total. The van der Waals surface area contributed by atoms with Gasteiger partial charge in [-0.1, -0.05) is 0 Å². The summed E-state index contributed by atoms with van der Waals surface area (Å²) < 4.78 is 18.2. The summed E-state index contributed by atoms with van der Waals surface area (Å²) >= 11 is 0. The molecule has 0 amide bonds. The minimum Gasteiger partial charge on any atom is -0.494 e. The van der Waals surface area contributed by atoms with Crippen molar-refractivity contribution in [3.8, 4) is 5.75 Å². The number of hydrogen-bond donors (Lipinski definition) is 1. The number of H-pyrrole nitrogens is 1. The quantitative estimate of drug-likeness (QED) is 0.768. The van der Waals surface area contributed by atoms with E-state index in [0.717, 1.165) is 11.8 Å². The minimum absolute atomic E-state index is 0.168. The van der Waals surface area contributed by atoms with Gasteiger partial charge in [0.25, 0.3) is 0 Å². The Kier molecular flexibility index (Phi) is 2.19. The van der Waals surface area contributed by atoms with Crippen LogP contribution in [0.2, 0.25) is 0 Å². The van der Waals surface area contributed by atoms with Crippen molar-refractivity contribution in [3.05, 3.63) is 29.2 Å². The van der Waals surface area contributed by atoms with Gasteiger partial charge in [0.15, 0.2) is 17.9 Å². The number of aryl methyl sites for hydroxylation is 1. The molecular formula is C11H10FNO2. The molecule has 15 heavy (non-hydrogen) atoms. The third kappa shape index (κ3) is 1.38. The first-order chi connectivity index (χ1) is 7.17. The zero-order chi connectivity index (χ0) is 11.0. The molecule has 78 valence electrons. The van der Waals surface area contributed by atoms with Crippen LogP contribution < -0.4 is 4.74 Å². The summed E-state index contributed by atoms with van der Waals surface area (Å²) in [6.45, 7) is 1.77. The lowest BCUT2D eigenvalue weighted by Gasteiger charge is -2.01. The monoisotopic (exact) mass is 207 g/mol. The Bertz CT molecular complexity index is 531. The number of methoxy groups -OCH3 is 1. The first-order valence-corrected chi connectivity index (χ1v) is 4.48. The third-order valence-electron chi connectivity index (χ3n) is 2.49. The number of rotatable bonds is 2. The van der Waals surface area contributed by atoms with Crippen LogP contribution in [0.4, 0.5) is 4.39 Å². The summed E-state index contributed by atoms with van der Waals surface area (Å²) in [5.74, 6) is -0.259. The average Bonchev–Trinajstić information content (AvgIpc) is 2.54. The number of aldehydes is 1. The van der Waals surface area contributed by atoms with E-state index in [1.54, 1.807) is 13.0 Å². The molecule has 0 aliphatic rings. The largest absolute Gasteiger partial charge is 0.494 e. The number of carbonyl (C=O) groups excluding carboxylic acids is 1. The maximum absolute atomic E-state index is 13.4. The van der Waals surface area contributed by atoms with Crippen molar-refractivity contribution < 1.29 is 13.9 Å². The van der Waals surface area contributed by atoms with E-state index in [1.165, 1.54) is 13.2 Å². The van der Waals surface area contributed by atoms with Gasteiger partial charge >= 0.3 is 0 Å². The molecule has 4 heteroatoms. The molecule has 1 aromatic carbocycles. The number of hydrogen-bond acceptors (Lipinski definition) is 2. The number of nitrogens with one attached hydrogen (secondary N) is 1. The van der Waals surface area contributed by atoms with E-state index in [9.17, 15) is 9.18 Å². The summed E-state index contributed by atoms with van der Waals surface area (Å²) in [5, 5.41) is 0.704. The molecule has 0 saturated heterocycles. The fourth-order valence-electron chi connectivity index (χ4n) is 1.63. The van der Waals surface area contributed by atoms with Crippen molar-refractivity contribution >= 4 is 17.2 Å². The van der Waals surface area contributed by atoms with Gasteiger partial charge in [0, 0.05) is 11.5 Å². The zero-order valence-electron chi connectivity index (χ0n) is 8.43. The Morgan fingerprint density at radius 3 is 2.80 bits per heavy atom. The molecule has 0 saturated carbocycles. The van der Waals surface area contributed by atoms with E-state index in [1.807, 2.05) is 0 Å². The number of carbonyl (C=O) groups is 1. The van der Waals surface area contributed by atoms with Crippen LogP contribution in [0.1, 0.15) is 16.1 Å². The lowest BCUT2D eigenvalue weighted by Crippen LogP contribution is -1.87. The first kappa shape index (κ1) is 9.71. The zero-order valence-corrected chi connectivity index (χ0v) is 8.43. The molecule has 2 rings (SSSR count). The Labute approximate surface area is 85.9 Å². The molecular weight excluding hydrogens is 197 g/mol. The first-order valence-electron chi connectivity index (χ1n) is 4.48. The number of benzene rings is 1. The maximum atomic E-state index is 13.4. The Morgan fingerprint density at radius 2 is 2.20 bits per heavy atom. The molecule has 0 fully saturated rings. The second kappa shape index (κ2) is 3.38. The lowest BCUT2D eigenvalue weighted by atomic mass is 10.1. The van der Waals surface area contributed by atoms with E-state index in [4.69, 9.17) is 4.74 Å². The summed E-state index contributed by atoms with van der Waals surface area (Å²) in [6.07, 6.45) is 0.722. The van der Waals surface area contributed by atoms with Crippen molar-refractivity contribution in [3.63, 3.8) is 0 Å². The van der Waals surface area contributed by atoms with Crippen LogP contribution >= 0.6 is 0 Å². The highest BCUT2D eigenvalue weighted by molar-refractivity contribution is 5.92. The van der Waals surface area contributed by atoms with E-state index in [0.29, 0.717) is 16.6 Å². The Morgan fingerprint density at radius 1 is 1.47 bits per heavy atom. The number of aromatic nitrogens is 1. The number of fused-ring (bicyclic) bond motifs is 1. The summed E-state index contributed by atoms with van der Waals surface area (Å²) in [6, 6.07) is 2.91. The van der Waals surface area contributed by atoms with Crippen molar-refractivity contribution in [2.45, 2.75) is 6.92 Å². The average molecular weight is 207 g/mol. The van der Waals surface area contributed by atoms with Crippen LogP contribution in [0, 0.1) is 12.7 Å². The van der Waals surface area contributed by atoms with Gasteiger partial charge in [-0.05, 0) is 18.6 Å². The van der Waals surface area contributed by atoms with Crippen LogP contribution in [-0.4, -0.2) is 18.4 Å². The molecule has 3 nitrogen and oxygen atoms in total. The predicted molar refractivity (Wildman–Crippen MR) is 54.9 cm³/mol. The van der Waals surface area contributed by atoms with E-state index >= 15 is 0 Å². The Balaban J connectivity index is 2.78. The highest BCUT2D eigenvalue weighted by Crippen LogP contribution is 2.27. The molecule has 0 aliphatic carbocycles. The van der Waals surface area contributed by atoms with Gasteiger partial charge in [-0.15, -0.1) is 0 Å². The minimum atomic E-state index is -0.426. The number of ether oxygens (including phenoxy) is 1. The molecule has 1 heterocycles. The highest BCUT2D eigenvalue weighted by Gasteiger charge is 2.11. The molecule has 0 aliphatic heterocycles. The van der Waals surface area contributed by atoms with E-state index in [-0.39, 0.29) is 5.75 Å². The van der Waals surface area contributed by atoms with Gasteiger partial charge in [0.2, 0.25) is 0 Å². The molecule has 0 unspecified atom stereocenters. The van der Waals surface area contributed by atoms with Crippen LogP contribution in [0.15, 0.2) is 12.1 Å². The van der Waals surface area contributed by atoms with Gasteiger partial charge in [0.1, 0.15) is 0 Å². The second-order valence-corrected chi connectivity index (χ2v) is 3.31.